The number of hydrogen-bond acceptors (Lipinski definition) is 8. The van der Waals surface area contributed by atoms with Crippen LogP contribution in [-0.2, 0) is 34.0 Å². The zero-order valence-corrected chi connectivity index (χ0v) is 28.1. The predicted molar refractivity (Wildman–Crippen MR) is 176 cm³/mol. The minimum absolute atomic E-state index is 0.00230. The Bertz CT molecular complexity index is 1500. The first-order chi connectivity index (χ1) is 21.9. The lowest BCUT2D eigenvalue weighted by atomic mass is 10.00. The molecule has 1 heterocycles. The number of aryl methyl sites for hydroxylation is 1. The second-order valence-electron chi connectivity index (χ2n) is 11.4. The monoisotopic (exact) mass is 678 g/mol. The summed E-state index contributed by atoms with van der Waals surface area (Å²) in [5.41, 5.74) is 3.79. The second-order valence-corrected chi connectivity index (χ2v) is 14.4. The normalized spacial score (nSPS) is 13.7. The number of rotatable bonds is 19. The number of carbonyl (C=O) groups excluding carboxylic acids is 2. The van der Waals surface area contributed by atoms with Crippen LogP contribution in [0.25, 0.3) is 0 Å². The molecule has 0 saturated carbocycles. The van der Waals surface area contributed by atoms with Crippen LogP contribution in [0.5, 0.6) is 0 Å². The molecule has 0 bridgehead atoms. The Labute approximate surface area is 274 Å². The quantitative estimate of drug-likeness (QED) is 0.148. The van der Waals surface area contributed by atoms with Crippen molar-refractivity contribution in [1.82, 2.24) is 20.9 Å². The molecule has 1 aromatic heterocycles. The van der Waals surface area contributed by atoms with Crippen molar-refractivity contribution in [2.75, 3.05) is 12.3 Å². The summed E-state index contributed by atoms with van der Waals surface area (Å²) >= 11 is 1.17. The van der Waals surface area contributed by atoms with Crippen LogP contribution in [0.4, 0.5) is 8.78 Å². The highest BCUT2D eigenvalue weighted by molar-refractivity contribution is 7.92. The number of hydrogen-bond donors (Lipinski definition) is 4. The zero-order valence-electron chi connectivity index (χ0n) is 26.5. The Morgan fingerprint density at radius 3 is 2.24 bits per heavy atom. The van der Waals surface area contributed by atoms with Crippen molar-refractivity contribution in [2.24, 2.45) is 0 Å². The van der Waals surface area contributed by atoms with E-state index in [0.717, 1.165) is 35.7 Å². The minimum Gasteiger partial charge on any atom is -0.390 e. The summed E-state index contributed by atoms with van der Waals surface area (Å²) in [5, 5.41) is 20.4. The topological polar surface area (TPSA) is 137 Å². The summed E-state index contributed by atoms with van der Waals surface area (Å²) < 4.78 is 55.2. The van der Waals surface area contributed by atoms with Gasteiger partial charge in [-0.25, -0.2) is 22.2 Å². The summed E-state index contributed by atoms with van der Waals surface area (Å²) in [7, 11) is -3.85. The van der Waals surface area contributed by atoms with E-state index in [1.54, 1.807) is 0 Å². The molecule has 0 spiro atoms. The van der Waals surface area contributed by atoms with Crippen LogP contribution >= 0.6 is 11.3 Å². The summed E-state index contributed by atoms with van der Waals surface area (Å²) in [6.07, 6.45) is 1.52. The first-order valence-electron chi connectivity index (χ1n) is 15.6. The Morgan fingerprint density at radius 2 is 1.63 bits per heavy atom. The lowest BCUT2D eigenvalue weighted by molar-refractivity contribution is -0.124. The van der Waals surface area contributed by atoms with Crippen molar-refractivity contribution >= 4 is 33.0 Å². The molecule has 4 N–H and O–H groups in total. The van der Waals surface area contributed by atoms with Crippen LogP contribution < -0.4 is 16.0 Å². The van der Waals surface area contributed by atoms with Gasteiger partial charge in [0, 0.05) is 24.5 Å². The van der Waals surface area contributed by atoms with Gasteiger partial charge in [0.2, 0.25) is 5.91 Å². The van der Waals surface area contributed by atoms with Gasteiger partial charge in [0.05, 0.1) is 28.7 Å². The lowest BCUT2D eigenvalue weighted by Crippen LogP contribution is -2.57. The lowest BCUT2D eigenvalue weighted by Gasteiger charge is -2.28. The van der Waals surface area contributed by atoms with E-state index in [0.29, 0.717) is 32.2 Å². The predicted octanol–water partition coefficient (Wildman–Crippen LogP) is 4.34. The molecule has 13 heteroatoms. The van der Waals surface area contributed by atoms with Crippen molar-refractivity contribution < 1.29 is 31.9 Å². The molecule has 0 radical (unpaired) electrons. The number of aromatic nitrogens is 1. The van der Waals surface area contributed by atoms with E-state index in [4.69, 9.17) is 0 Å². The van der Waals surface area contributed by atoms with Gasteiger partial charge in [-0.3, -0.25) is 9.59 Å². The Hall–Kier alpha value is -3.26. The molecule has 46 heavy (non-hydrogen) atoms. The molecule has 0 fully saturated rings. The van der Waals surface area contributed by atoms with Crippen molar-refractivity contribution in [1.29, 1.82) is 0 Å². The highest BCUT2D eigenvalue weighted by Crippen LogP contribution is 2.18. The van der Waals surface area contributed by atoms with Crippen molar-refractivity contribution in [3.8, 4) is 0 Å². The fraction of sp³-hybridized carbons (Fsp3) is 0.485. The number of thiazole rings is 1. The maximum Gasteiger partial charge on any atom is 0.271 e. The molecule has 0 aliphatic rings. The van der Waals surface area contributed by atoms with Crippen LogP contribution in [0.3, 0.4) is 0 Å². The second kappa shape index (κ2) is 18.2. The van der Waals surface area contributed by atoms with Crippen LogP contribution in [0, 0.1) is 11.6 Å². The van der Waals surface area contributed by atoms with Gasteiger partial charge < -0.3 is 21.1 Å². The van der Waals surface area contributed by atoms with E-state index < -0.39 is 62.5 Å². The largest absolute Gasteiger partial charge is 0.390 e. The van der Waals surface area contributed by atoms with E-state index in [9.17, 15) is 31.9 Å². The molecule has 0 aliphatic heterocycles. The highest BCUT2D eigenvalue weighted by Gasteiger charge is 2.34. The number of nitrogens with one attached hydrogen (secondary N) is 3. The zero-order chi connectivity index (χ0) is 33.7. The first-order valence-corrected chi connectivity index (χ1v) is 18.2. The van der Waals surface area contributed by atoms with Gasteiger partial charge in [0.1, 0.15) is 23.4 Å². The summed E-state index contributed by atoms with van der Waals surface area (Å²) in [4.78, 5) is 30.7. The standard InChI is InChI=1S/C33H44F2N4O5S2/c1-4-8-27(9-5-2)46(43,44)20-30(39-32(41)29-19-45-21-37-29)33(42)38-28(15-24-13-25(34)16-26(35)14-24)31(40)18-36-17-23-11-7-10-22(6-3)12-23/h7,10-14,16,19,21,27-28,30-31,36,40H,4-6,8-9,15,17-18,20H2,1-3H3,(H,38,42)(H,39,41)/t28-,30+,31+/m0/s1. The van der Waals surface area contributed by atoms with Crippen molar-refractivity contribution in [3.63, 3.8) is 0 Å². The third-order valence-corrected chi connectivity index (χ3v) is 10.5. The van der Waals surface area contributed by atoms with Gasteiger partial charge in [-0.2, -0.15) is 0 Å². The van der Waals surface area contributed by atoms with Gasteiger partial charge >= 0.3 is 0 Å². The molecular weight excluding hydrogens is 635 g/mol. The Balaban J connectivity index is 1.86. The van der Waals surface area contributed by atoms with E-state index in [-0.39, 0.29) is 24.2 Å². The van der Waals surface area contributed by atoms with Gasteiger partial charge in [-0.1, -0.05) is 57.9 Å². The maximum absolute atomic E-state index is 14.1. The smallest absolute Gasteiger partial charge is 0.271 e. The third kappa shape index (κ3) is 11.5. The Kier molecular flexibility index (Phi) is 14.7. The maximum atomic E-state index is 14.1. The number of nitrogens with zero attached hydrogens (tertiary/aromatic N) is 1. The summed E-state index contributed by atoms with van der Waals surface area (Å²) in [6.45, 7) is 6.22. The van der Waals surface area contributed by atoms with E-state index >= 15 is 0 Å². The van der Waals surface area contributed by atoms with E-state index in [1.165, 1.54) is 22.2 Å². The van der Waals surface area contributed by atoms with Gasteiger partial charge in [0.25, 0.3) is 5.91 Å². The molecule has 3 aromatic rings. The molecule has 3 rings (SSSR count). The average molecular weight is 679 g/mol. The van der Waals surface area contributed by atoms with E-state index in [2.05, 4.69) is 20.9 Å². The van der Waals surface area contributed by atoms with Crippen molar-refractivity contribution in [2.45, 2.75) is 89.3 Å². The molecule has 3 atom stereocenters. The third-order valence-electron chi connectivity index (χ3n) is 7.67. The molecular formula is C33H44F2N4O5S2. The summed E-state index contributed by atoms with van der Waals surface area (Å²) in [5.74, 6) is -3.88. The van der Waals surface area contributed by atoms with Gasteiger partial charge in [-0.05, 0) is 54.5 Å². The molecule has 0 saturated heterocycles. The fourth-order valence-corrected chi connectivity index (χ4v) is 7.96. The number of aliphatic hydroxyl groups is 1. The average Bonchev–Trinajstić information content (AvgIpc) is 3.55. The number of benzene rings is 2. The van der Waals surface area contributed by atoms with Gasteiger partial charge in [-0.15, -0.1) is 11.3 Å². The number of halogens is 2. The highest BCUT2D eigenvalue weighted by atomic mass is 32.2. The molecule has 2 amide bonds. The molecule has 0 unspecified atom stereocenters. The number of amides is 2. The SMILES string of the molecule is CCCC(CCC)S(=O)(=O)C[C@@H](NC(=O)c1cscn1)C(=O)N[C@@H](Cc1cc(F)cc(F)c1)[C@H](O)CNCc1cccc(CC)c1. The number of carbonyl (C=O) groups is 2. The molecule has 9 nitrogen and oxygen atoms in total. The van der Waals surface area contributed by atoms with Gasteiger partial charge in [0.15, 0.2) is 9.84 Å². The fourth-order valence-electron chi connectivity index (χ4n) is 5.27. The Morgan fingerprint density at radius 1 is 0.957 bits per heavy atom. The number of sulfone groups is 1. The van der Waals surface area contributed by atoms with Crippen LogP contribution in [-0.4, -0.2) is 66.1 Å². The van der Waals surface area contributed by atoms with Crippen LogP contribution in [0.1, 0.15) is 73.6 Å². The van der Waals surface area contributed by atoms with Crippen LogP contribution in [0.2, 0.25) is 0 Å². The van der Waals surface area contributed by atoms with Crippen molar-refractivity contribution in [3.05, 3.63) is 87.4 Å². The van der Waals surface area contributed by atoms with E-state index in [1.807, 2.05) is 45.0 Å². The van der Waals surface area contributed by atoms with Crippen LogP contribution in [0.15, 0.2) is 53.4 Å². The summed E-state index contributed by atoms with van der Waals surface area (Å²) in [6, 6.07) is 8.24. The number of aliphatic hydroxyl groups excluding tert-OH is 1. The minimum atomic E-state index is -3.85. The first kappa shape index (κ1) is 37.2. The molecule has 252 valence electrons. The molecule has 2 aromatic carbocycles. The molecule has 0 aliphatic carbocycles.